The lowest BCUT2D eigenvalue weighted by molar-refractivity contribution is -0.140. The van der Waals surface area contributed by atoms with Crippen molar-refractivity contribution in [2.75, 3.05) is 13.2 Å². The van der Waals surface area contributed by atoms with Gasteiger partial charge in [0.2, 0.25) is 11.8 Å². The molecule has 170 valence electrons. The van der Waals surface area contributed by atoms with E-state index in [1.807, 2.05) is 0 Å². The first kappa shape index (κ1) is 22.2. The van der Waals surface area contributed by atoms with Crippen molar-refractivity contribution in [3.63, 3.8) is 0 Å². The van der Waals surface area contributed by atoms with Crippen molar-refractivity contribution in [2.45, 2.75) is 92.2 Å². The van der Waals surface area contributed by atoms with Gasteiger partial charge in [-0.3, -0.25) is 9.59 Å². The fourth-order valence-electron chi connectivity index (χ4n) is 5.14. The highest BCUT2D eigenvalue weighted by molar-refractivity contribution is 6.21. The van der Waals surface area contributed by atoms with Gasteiger partial charge in [-0.05, 0) is 44.9 Å². The molecule has 5 fully saturated rings. The van der Waals surface area contributed by atoms with E-state index in [-0.39, 0.29) is 30.9 Å². The van der Waals surface area contributed by atoms with Crippen LogP contribution in [0.15, 0.2) is 0 Å². The number of hydroxylamine groups is 2. The van der Waals surface area contributed by atoms with Crippen LogP contribution in [-0.4, -0.2) is 70.9 Å². The Kier molecular flexibility index (Phi) is 6.53. The summed E-state index contributed by atoms with van der Waals surface area (Å²) in [6, 6.07) is -0.472. The van der Waals surface area contributed by atoms with Crippen LogP contribution in [0.4, 0.5) is 4.39 Å². The van der Waals surface area contributed by atoms with Crippen LogP contribution in [0.25, 0.3) is 0 Å². The minimum Gasteiger partial charge on any atom is -0.391 e. The Labute approximate surface area is 179 Å². The average Bonchev–Trinajstić information content (AvgIpc) is 3.25. The van der Waals surface area contributed by atoms with Crippen LogP contribution in [0.2, 0.25) is 0 Å². The molecule has 2 bridgehead atoms. The highest BCUT2D eigenvalue weighted by atomic mass is 35.5. The van der Waals surface area contributed by atoms with Crippen LogP contribution in [0.1, 0.15) is 51.4 Å². The molecule has 5 rings (SSSR count). The molecule has 4 saturated carbocycles. The number of nitrogens with one attached hydrogen (secondary N) is 4. The minimum atomic E-state index is -1.12. The summed E-state index contributed by atoms with van der Waals surface area (Å²) in [5.41, 5.74) is 4.02. The fraction of sp³-hybridized carbons (Fsp3) is 0.895. The second-order valence-electron chi connectivity index (χ2n) is 9.09. The molecule has 4 aliphatic carbocycles. The molecular formula is C19H30ClFN4O5. The van der Waals surface area contributed by atoms with Crippen LogP contribution in [0, 0.1) is 0 Å². The number of alkyl halides is 2. The van der Waals surface area contributed by atoms with Gasteiger partial charge >= 0.3 is 0 Å². The zero-order valence-electron chi connectivity index (χ0n) is 16.8. The van der Waals surface area contributed by atoms with E-state index < -0.39 is 34.8 Å². The van der Waals surface area contributed by atoms with Gasteiger partial charge in [0, 0.05) is 18.5 Å². The summed E-state index contributed by atoms with van der Waals surface area (Å²) in [5, 5.41) is 16.4. The van der Waals surface area contributed by atoms with Crippen LogP contribution in [0.3, 0.4) is 0 Å². The highest BCUT2D eigenvalue weighted by Crippen LogP contribution is 2.47. The Morgan fingerprint density at radius 2 is 2.00 bits per heavy atom. The van der Waals surface area contributed by atoms with Gasteiger partial charge in [-0.2, -0.15) is 11.0 Å². The van der Waals surface area contributed by atoms with Crippen LogP contribution >= 0.6 is 11.6 Å². The SMILES string of the molecule is O=C(COC1CCC(Cl)C(F)C1)NC12CCC(NC(=O)C3CNON3)(CC1)CC2O. The Hall–Kier alpha value is -1.04. The van der Waals surface area contributed by atoms with E-state index in [1.54, 1.807) is 0 Å². The van der Waals surface area contributed by atoms with E-state index in [2.05, 4.69) is 21.6 Å². The predicted molar refractivity (Wildman–Crippen MR) is 105 cm³/mol. The zero-order chi connectivity index (χ0) is 21.4. The van der Waals surface area contributed by atoms with Crippen LogP contribution < -0.4 is 21.6 Å². The number of hydrogen-bond acceptors (Lipinski definition) is 7. The molecule has 2 amide bonds. The van der Waals surface area contributed by atoms with Crippen molar-refractivity contribution in [1.82, 2.24) is 21.6 Å². The third-order valence-corrected chi connectivity index (χ3v) is 7.56. The van der Waals surface area contributed by atoms with E-state index in [9.17, 15) is 19.1 Å². The average molecular weight is 449 g/mol. The predicted octanol–water partition coefficient (Wildman–Crippen LogP) is -0.0424. The maximum Gasteiger partial charge on any atom is 0.246 e. The lowest BCUT2D eigenvalue weighted by atomic mass is 9.60. The molecule has 1 aliphatic heterocycles. The largest absolute Gasteiger partial charge is 0.391 e. The maximum absolute atomic E-state index is 13.7. The molecule has 0 aromatic carbocycles. The molecule has 9 nitrogen and oxygen atoms in total. The first-order valence-corrected chi connectivity index (χ1v) is 11.1. The van der Waals surface area contributed by atoms with E-state index in [1.165, 1.54) is 0 Å². The molecule has 0 radical (unpaired) electrons. The third kappa shape index (κ3) is 4.58. The summed E-state index contributed by atoms with van der Waals surface area (Å²) < 4.78 is 19.3. The molecule has 11 heteroatoms. The van der Waals surface area contributed by atoms with Crippen LogP contribution in [-0.2, 0) is 19.3 Å². The highest BCUT2D eigenvalue weighted by Gasteiger charge is 2.55. The standard InChI is InChI=1S/C19H30ClFN4O5/c20-12-2-1-11(7-13(12)21)29-10-16(27)23-19-5-3-18(4-6-19,8-15(19)26)24-17(28)14-9-22-30-25-14/h11-15,22,25-26H,1-10H2,(H,23,27)(H,24,28). The summed E-state index contributed by atoms with van der Waals surface area (Å²) in [5.74, 6) is -0.480. The van der Waals surface area contributed by atoms with Gasteiger partial charge < -0.3 is 20.5 Å². The summed E-state index contributed by atoms with van der Waals surface area (Å²) in [4.78, 5) is 29.7. The fourth-order valence-corrected chi connectivity index (χ4v) is 5.37. The number of rotatable bonds is 6. The first-order valence-electron chi connectivity index (χ1n) is 10.7. The monoisotopic (exact) mass is 448 g/mol. The Balaban J connectivity index is 1.27. The molecule has 30 heavy (non-hydrogen) atoms. The summed E-state index contributed by atoms with van der Waals surface area (Å²) in [6.45, 7) is 0.210. The molecule has 5 unspecified atom stereocenters. The minimum absolute atomic E-state index is 0.166. The molecular weight excluding hydrogens is 419 g/mol. The topological polar surface area (TPSA) is 121 Å². The molecule has 5 atom stereocenters. The van der Waals surface area contributed by atoms with Gasteiger partial charge in [0.05, 0.1) is 23.1 Å². The summed E-state index contributed by atoms with van der Waals surface area (Å²) in [7, 11) is 0. The van der Waals surface area contributed by atoms with E-state index in [0.29, 0.717) is 51.5 Å². The Morgan fingerprint density at radius 1 is 1.23 bits per heavy atom. The summed E-state index contributed by atoms with van der Waals surface area (Å²) >= 11 is 5.88. The molecule has 1 heterocycles. The van der Waals surface area contributed by atoms with Gasteiger partial charge in [-0.15, -0.1) is 11.6 Å². The van der Waals surface area contributed by atoms with Gasteiger partial charge in [0.25, 0.3) is 0 Å². The van der Waals surface area contributed by atoms with E-state index in [4.69, 9.17) is 21.3 Å². The smallest absolute Gasteiger partial charge is 0.246 e. The zero-order valence-corrected chi connectivity index (χ0v) is 17.5. The third-order valence-electron chi connectivity index (χ3n) is 7.07. The summed E-state index contributed by atoms with van der Waals surface area (Å²) in [6.07, 6.45) is 2.02. The van der Waals surface area contributed by atoms with Crippen molar-refractivity contribution >= 4 is 23.4 Å². The molecule has 0 spiro atoms. The molecule has 5 N–H and O–H groups in total. The lowest BCUT2D eigenvalue weighted by Crippen LogP contribution is -2.71. The van der Waals surface area contributed by atoms with Crippen molar-refractivity contribution in [2.24, 2.45) is 0 Å². The normalized spacial score (nSPS) is 43.4. The van der Waals surface area contributed by atoms with Crippen molar-refractivity contribution in [1.29, 1.82) is 0 Å². The number of carbonyl (C=O) groups is 2. The number of amides is 2. The Morgan fingerprint density at radius 3 is 2.63 bits per heavy atom. The van der Waals surface area contributed by atoms with Gasteiger partial charge in [0.15, 0.2) is 0 Å². The lowest BCUT2D eigenvalue weighted by Gasteiger charge is -2.56. The number of aliphatic hydroxyl groups is 1. The number of carbonyl (C=O) groups excluding carboxylic acids is 2. The van der Waals surface area contributed by atoms with E-state index >= 15 is 0 Å². The van der Waals surface area contributed by atoms with E-state index in [0.717, 1.165) is 0 Å². The Bertz CT molecular complexity index is 657. The number of halogens is 2. The first-order chi connectivity index (χ1) is 14.3. The number of hydrogen-bond donors (Lipinski definition) is 5. The van der Waals surface area contributed by atoms with Crippen molar-refractivity contribution in [3.8, 4) is 0 Å². The maximum atomic E-state index is 13.7. The van der Waals surface area contributed by atoms with Gasteiger partial charge in [-0.25, -0.2) is 9.33 Å². The van der Waals surface area contributed by atoms with Crippen molar-refractivity contribution < 1.29 is 28.8 Å². The number of ether oxygens (including phenoxy) is 1. The second kappa shape index (κ2) is 8.84. The molecule has 0 aromatic heterocycles. The van der Waals surface area contributed by atoms with Gasteiger partial charge in [-0.1, -0.05) is 0 Å². The van der Waals surface area contributed by atoms with Crippen molar-refractivity contribution in [3.05, 3.63) is 0 Å². The molecule has 1 saturated heterocycles. The van der Waals surface area contributed by atoms with Crippen LogP contribution in [0.5, 0.6) is 0 Å². The molecule has 0 aromatic rings. The van der Waals surface area contributed by atoms with Gasteiger partial charge in [0.1, 0.15) is 18.8 Å². The quantitative estimate of drug-likeness (QED) is 0.361. The molecule has 5 aliphatic rings. The number of fused-ring (bicyclic) bond motifs is 3. The number of aliphatic hydroxyl groups excluding tert-OH is 1. The second-order valence-corrected chi connectivity index (χ2v) is 9.65.